The summed E-state index contributed by atoms with van der Waals surface area (Å²) in [5.74, 6) is 0. The minimum absolute atomic E-state index is 0.584. The first-order valence-electron chi connectivity index (χ1n) is 7.45. The van der Waals surface area contributed by atoms with E-state index in [1.807, 2.05) is 0 Å². The molecular formula is C17H27NO2. The van der Waals surface area contributed by atoms with Crippen molar-refractivity contribution >= 4 is 0 Å². The summed E-state index contributed by atoms with van der Waals surface area (Å²) in [6.45, 7) is 9.43. The zero-order valence-corrected chi connectivity index (χ0v) is 13.2. The molecule has 0 atom stereocenters. The fraction of sp³-hybridized carbons (Fsp3) is 0.647. The van der Waals surface area contributed by atoms with E-state index in [0.717, 1.165) is 19.4 Å². The number of aliphatic hydroxyl groups is 1. The standard InChI is InChI=1S/C17H27NO2/c1-13-9-14(2)16(15(3)10-13)11-18(4)12-17(19)5-7-20-8-6-17/h9-10,19H,5-8,11-12H2,1-4H3. The van der Waals surface area contributed by atoms with Gasteiger partial charge in [-0.1, -0.05) is 17.7 Å². The highest BCUT2D eigenvalue weighted by molar-refractivity contribution is 5.37. The molecule has 0 aromatic heterocycles. The first-order valence-corrected chi connectivity index (χ1v) is 7.45. The predicted octanol–water partition coefficient (Wildman–Crippen LogP) is 2.59. The minimum atomic E-state index is -0.584. The molecule has 1 heterocycles. The van der Waals surface area contributed by atoms with Crippen LogP contribution in [0, 0.1) is 20.8 Å². The normalized spacial score (nSPS) is 18.5. The van der Waals surface area contributed by atoms with Gasteiger partial charge in [0.15, 0.2) is 0 Å². The van der Waals surface area contributed by atoms with Gasteiger partial charge in [0.1, 0.15) is 0 Å². The number of hydrogen-bond donors (Lipinski definition) is 1. The lowest BCUT2D eigenvalue weighted by Crippen LogP contribution is -2.45. The number of hydrogen-bond acceptors (Lipinski definition) is 3. The van der Waals surface area contributed by atoms with Crippen LogP contribution < -0.4 is 0 Å². The maximum Gasteiger partial charge on any atom is 0.0817 e. The largest absolute Gasteiger partial charge is 0.388 e. The molecule has 1 fully saturated rings. The molecule has 2 rings (SSSR count). The van der Waals surface area contributed by atoms with E-state index >= 15 is 0 Å². The number of benzene rings is 1. The monoisotopic (exact) mass is 277 g/mol. The molecule has 3 nitrogen and oxygen atoms in total. The molecule has 3 heteroatoms. The molecule has 1 aliphatic heterocycles. The summed E-state index contributed by atoms with van der Waals surface area (Å²) in [5.41, 5.74) is 4.80. The molecular weight excluding hydrogens is 250 g/mol. The quantitative estimate of drug-likeness (QED) is 0.918. The maximum atomic E-state index is 10.6. The van der Waals surface area contributed by atoms with Gasteiger partial charge in [0, 0.05) is 39.1 Å². The Bertz CT molecular complexity index is 441. The van der Waals surface area contributed by atoms with Crippen LogP contribution in [0.4, 0.5) is 0 Å². The summed E-state index contributed by atoms with van der Waals surface area (Å²) in [7, 11) is 2.09. The van der Waals surface area contributed by atoms with Crippen molar-refractivity contribution in [3.8, 4) is 0 Å². The third-order valence-electron chi connectivity index (χ3n) is 4.26. The first-order chi connectivity index (χ1) is 9.39. The minimum Gasteiger partial charge on any atom is -0.388 e. The Labute approximate surface area is 122 Å². The third-order valence-corrected chi connectivity index (χ3v) is 4.26. The van der Waals surface area contributed by atoms with E-state index in [1.165, 1.54) is 22.3 Å². The molecule has 0 radical (unpaired) electrons. The SMILES string of the molecule is Cc1cc(C)c(CN(C)CC2(O)CCOCC2)c(C)c1. The van der Waals surface area contributed by atoms with Crippen LogP contribution in [0.25, 0.3) is 0 Å². The molecule has 0 unspecified atom stereocenters. The molecule has 0 saturated carbocycles. The Hall–Kier alpha value is -0.900. The number of likely N-dealkylation sites (N-methyl/N-ethyl adjacent to an activating group) is 1. The van der Waals surface area contributed by atoms with Gasteiger partial charge >= 0.3 is 0 Å². The molecule has 1 aromatic rings. The van der Waals surface area contributed by atoms with Crippen molar-refractivity contribution in [3.05, 3.63) is 34.4 Å². The topological polar surface area (TPSA) is 32.7 Å². The highest BCUT2D eigenvalue weighted by Gasteiger charge is 2.31. The van der Waals surface area contributed by atoms with Gasteiger partial charge in [-0.2, -0.15) is 0 Å². The molecule has 0 amide bonds. The van der Waals surface area contributed by atoms with Gasteiger partial charge < -0.3 is 9.84 Å². The highest BCUT2D eigenvalue weighted by atomic mass is 16.5. The van der Waals surface area contributed by atoms with E-state index in [2.05, 4.69) is 44.9 Å². The van der Waals surface area contributed by atoms with Crippen LogP contribution in [0.2, 0.25) is 0 Å². The predicted molar refractivity (Wildman–Crippen MR) is 82.0 cm³/mol. The lowest BCUT2D eigenvalue weighted by molar-refractivity contribution is -0.0777. The Kier molecular flexibility index (Phi) is 4.84. The van der Waals surface area contributed by atoms with E-state index < -0.39 is 5.60 Å². The Balaban J connectivity index is 2.02. The van der Waals surface area contributed by atoms with Gasteiger partial charge in [-0.3, -0.25) is 4.90 Å². The first kappa shape index (κ1) is 15.5. The summed E-state index contributed by atoms with van der Waals surface area (Å²) in [6.07, 6.45) is 1.48. The van der Waals surface area contributed by atoms with E-state index in [1.54, 1.807) is 0 Å². The third kappa shape index (κ3) is 3.81. The Morgan fingerprint density at radius 2 is 1.70 bits per heavy atom. The second kappa shape index (κ2) is 6.25. The summed E-state index contributed by atoms with van der Waals surface area (Å²) in [4.78, 5) is 2.23. The van der Waals surface area contributed by atoms with Gasteiger partial charge in [0.05, 0.1) is 5.60 Å². The summed E-state index contributed by atoms with van der Waals surface area (Å²) >= 11 is 0. The lowest BCUT2D eigenvalue weighted by atomic mass is 9.93. The molecule has 112 valence electrons. The molecule has 1 N–H and O–H groups in total. The second-order valence-corrected chi connectivity index (χ2v) is 6.39. The molecule has 0 bridgehead atoms. The van der Waals surface area contributed by atoms with Crippen molar-refractivity contribution < 1.29 is 9.84 Å². The van der Waals surface area contributed by atoms with Crippen molar-refractivity contribution in [2.45, 2.75) is 45.8 Å². The van der Waals surface area contributed by atoms with Crippen molar-refractivity contribution in [1.29, 1.82) is 0 Å². The van der Waals surface area contributed by atoms with Crippen LogP contribution in [-0.2, 0) is 11.3 Å². The summed E-state index contributed by atoms with van der Waals surface area (Å²) in [5, 5.41) is 10.6. The van der Waals surface area contributed by atoms with Crippen LogP contribution in [-0.4, -0.2) is 42.4 Å². The number of aryl methyl sites for hydroxylation is 3. The molecule has 20 heavy (non-hydrogen) atoms. The van der Waals surface area contributed by atoms with E-state index in [9.17, 15) is 5.11 Å². The van der Waals surface area contributed by atoms with Crippen LogP contribution in [0.5, 0.6) is 0 Å². The van der Waals surface area contributed by atoms with E-state index in [-0.39, 0.29) is 0 Å². The number of nitrogens with zero attached hydrogens (tertiary/aromatic N) is 1. The Morgan fingerprint density at radius 1 is 1.15 bits per heavy atom. The average Bonchev–Trinajstić information content (AvgIpc) is 2.34. The van der Waals surface area contributed by atoms with Gasteiger partial charge in [-0.15, -0.1) is 0 Å². The van der Waals surface area contributed by atoms with Crippen molar-refractivity contribution in [1.82, 2.24) is 4.90 Å². The molecule has 0 aliphatic carbocycles. The van der Waals surface area contributed by atoms with Crippen LogP contribution in [0.1, 0.15) is 35.1 Å². The molecule has 1 saturated heterocycles. The summed E-state index contributed by atoms with van der Waals surface area (Å²) in [6, 6.07) is 4.47. The lowest BCUT2D eigenvalue weighted by Gasteiger charge is -2.35. The van der Waals surface area contributed by atoms with Crippen LogP contribution >= 0.6 is 0 Å². The average molecular weight is 277 g/mol. The van der Waals surface area contributed by atoms with Gasteiger partial charge in [-0.25, -0.2) is 0 Å². The zero-order chi connectivity index (χ0) is 14.8. The van der Waals surface area contributed by atoms with Gasteiger partial charge in [-0.05, 0) is 44.5 Å². The molecule has 0 spiro atoms. The highest BCUT2D eigenvalue weighted by Crippen LogP contribution is 2.23. The van der Waals surface area contributed by atoms with E-state index in [0.29, 0.717) is 19.8 Å². The van der Waals surface area contributed by atoms with Crippen molar-refractivity contribution in [3.63, 3.8) is 0 Å². The molecule has 1 aliphatic rings. The van der Waals surface area contributed by atoms with Crippen molar-refractivity contribution in [2.24, 2.45) is 0 Å². The van der Waals surface area contributed by atoms with Crippen molar-refractivity contribution in [2.75, 3.05) is 26.8 Å². The maximum absolute atomic E-state index is 10.6. The second-order valence-electron chi connectivity index (χ2n) is 6.39. The van der Waals surface area contributed by atoms with Crippen LogP contribution in [0.15, 0.2) is 12.1 Å². The fourth-order valence-electron chi connectivity index (χ4n) is 3.20. The number of rotatable bonds is 4. The fourth-order valence-corrected chi connectivity index (χ4v) is 3.20. The summed E-state index contributed by atoms with van der Waals surface area (Å²) < 4.78 is 5.34. The molecule has 1 aromatic carbocycles. The van der Waals surface area contributed by atoms with Gasteiger partial charge in [0.25, 0.3) is 0 Å². The number of ether oxygens (including phenoxy) is 1. The van der Waals surface area contributed by atoms with Gasteiger partial charge in [0.2, 0.25) is 0 Å². The van der Waals surface area contributed by atoms with Crippen LogP contribution in [0.3, 0.4) is 0 Å². The smallest absolute Gasteiger partial charge is 0.0817 e. The Morgan fingerprint density at radius 3 is 2.25 bits per heavy atom. The zero-order valence-electron chi connectivity index (χ0n) is 13.2. The van der Waals surface area contributed by atoms with E-state index in [4.69, 9.17) is 4.74 Å².